The molecular weight excluding hydrogens is 499 g/mol. The van der Waals surface area contributed by atoms with Gasteiger partial charge in [-0.1, -0.05) is 23.2 Å². The highest BCUT2D eigenvalue weighted by atomic mass is 35.5. The zero-order valence-electron chi connectivity index (χ0n) is 20.5. The Morgan fingerprint density at radius 2 is 1.42 bits per heavy atom. The lowest BCUT2D eigenvalue weighted by Gasteiger charge is -2.35. The molecule has 36 heavy (non-hydrogen) atoms. The Labute approximate surface area is 221 Å². The molecule has 12 heteroatoms. The average molecular weight is 529 g/mol. The Morgan fingerprint density at radius 3 is 2.06 bits per heavy atom. The fourth-order valence-electron chi connectivity index (χ4n) is 4.42. The second-order valence-corrected chi connectivity index (χ2v) is 10.0. The zero-order chi connectivity index (χ0) is 25.2. The van der Waals surface area contributed by atoms with Gasteiger partial charge in [0.1, 0.15) is 12.0 Å². The lowest BCUT2D eigenvalue weighted by atomic mass is 10.1. The third kappa shape index (κ3) is 5.27. The van der Waals surface area contributed by atoms with Gasteiger partial charge in [0.05, 0.1) is 16.4 Å². The largest absolute Gasteiger partial charge is 0.393 e. The average Bonchev–Trinajstić information content (AvgIpc) is 2.89. The van der Waals surface area contributed by atoms with Crippen LogP contribution in [0.15, 0.2) is 30.9 Å². The molecule has 2 aliphatic heterocycles. The van der Waals surface area contributed by atoms with Gasteiger partial charge in [0.25, 0.3) is 0 Å². The number of hydrogen-bond donors (Lipinski definition) is 2. The summed E-state index contributed by atoms with van der Waals surface area (Å²) >= 11 is 13.0. The summed E-state index contributed by atoms with van der Waals surface area (Å²) in [6.07, 6.45) is 5.05. The highest BCUT2D eigenvalue weighted by molar-refractivity contribution is 6.34. The number of anilines is 5. The molecule has 4 heterocycles. The zero-order valence-corrected chi connectivity index (χ0v) is 22.0. The summed E-state index contributed by atoms with van der Waals surface area (Å²) in [5.41, 5.74) is 9.90. The SMILES string of the molecule is CN1CCN(c2ncc(-c3cc(Nc4ncnc(Cl)c4N)c(N4CCN(C)CC4)cc3Cl)cn2)CC1. The lowest BCUT2D eigenvalue weighted by molar-refractivity contribution is 0.311. The molecule has 5 rings (SSSR count). The van der Waals surface area contributed by atoms with Crippen molar-refractivity contribution in [1.29, 1.82) is 0 Å². The Bertz CT molecular complexity index is 1210. The van der Waals surface area contributed by atoms with Crippen LogP contribution in [0.5, 0.6) is 0 Å². The number of hydrogen-bond acceptors (Lipinski definition) is 10. The molecule has 0 spiro atoms. The van der Waals surface area contributed by atoms with E-state index >= 15 is 0 Å². The molecule has 0 aliphatic carbocycles. The number of benzene rings is 1. The lowest BCUT2D eigenvalue weighted by Crippen LogP contribution is -2.45. The van der Waals surface area contributed by atoms with E-state index in [2.05, 4.69) is 58.9 Å². The summed E-state index contributed by atoms with van der Waals surface area (Å²) in [6.45, 7) is 7.49. The minimum Gasteiger partial charge on any atom is -0.393 e. The van der Waals surface area contributed by atoms with Gasteiger partial charge in [0.15, 0.2) is 11.0 Å². The first-order valence-corrected chi connectivity index (χ1v) is 12.7. The summed E-state index contributed by atoms with van der Waals surface area (Å²) in [7, 11) is 4.26. The van der Waals surface area contributed by atoms with Crippen LogP contribution in [-0.2, 0) is 0 Å². The Balaban J connectivity index is 1.49. The Hall–Kier alpha value is -2.92. The van der Waals surface area contributed by atoms with E-state index in [0.717, 1.165) is 80.8 Å². The second-order valence-electron chi connectivity index (χ2n) is 9.25. The fourth-order valence-corrected chi connectivity index (χ4v) is 4.82. The predicted octanol–water partition coefficient (Wildman–Crippen LogP) is 3.07. The van der Waals surface area contributed by atoms with Gasteiger partial charge in [-0.15, -0.1) is 0 Å². The minimum absolute atomic E-state index is 0.204. The molecule has 2 fully saturated rings. The highest BCUT2D eigenvalue weighted by Crippen LogP contribution is 2.40. The molecule has 0 radical (unpaired) electrons. The number of aromatic nitrogens is 4. The summed E-state index contributed by atoms with van der Waals surface area (Å²) in [5, 5.41) is 4.20. The number of nitrogen functional groups attached to an aromatic ring is 1. The quantitative estimate of drug-likeness (QED) is 0.480. The van der Waals surface area contributed by atoms with Crippen molar-refractivity contribution in [2.24, 2.45) is 0 Å². The molecule has 2 saturated heterocycles. The highest BCUT2D eigenvalue weighted by Gasteiger charge is 2.22. The van der Waals surface area contributed by atoms with Gasteiger partial charge in [-0.05, 0) is 26.2 Å². The molecule has 0 unspecified atom stereocenters. The van der Waals surface area contributed by atoms with E-state index in [1.165, 1.54) is 6.33 Å². The predicted molar refractivity (Wildman–Crippen MR) is 147 cm³/mol. The van der Waals surface area contributed by atoms with Gasteiger partial charge >= 0.3 is 0 Å². The van der Waals surface area contributed by atoms with Crippen LogP contribution in [0.4, 0.5) is 28.8 Å². The fraction of sp³-hybridized carbons (Fsp3) is 0.417. The van der Waals surface area contributed by atoms with Crippen molar-refractivity contribution < 1.29 is 0 Å². The van der Waals surface area contributed by atoms with Crippen molar-refractivity contribution in [2.75, 3.05) is 87.3 Å². The Morgan fingerprint density at radius 1 is 0.806 bits per heavy atom. The molecule has 3 aromatic rings. The van der Waals surface area contributed by atoms with Crippen LogP contribution in [0.3, 0.4) is 0 Å². The molecular formula is C24H30Cl2N10. The van der Waals surface area contributed by atoms with E-state index in [4.69, 9.17) is 28.9 Å². The van der Waals surface area contributed by atoms with Crippen LogP contribution in [-0.4, -0.2) is 96.2 Å². The van der Waals surface area contributed by atoms with Crippen molar-refractivity contribution in [3.05, 3.63) is 41.0 Å². The van der Waals surface area contributed by atoms with E-state index < -0.39 is 0 Å². The molecule has 0 amide bonds. The second kappa shape index (κ2) is 10.6. The first-order valence-electron chi connectivity index (χ1n) is 11.9. The number of rotatable bonds is 5. The van der Waals surface area contributed by atoms with Crippen LogP contribution < -0.4 is 20.9 Å². The van der Waals surface area contributed by atoms with Crippen molar-refractivity contribution in [3.63, 3.8) is 0 Å². The molecule has 0 saturated carbocycles. The van der Waals surface area contributed by atoms with Gasteiger partial charge in [-0.3, -0.25) is 0 Å². The normalized spacial score (nSPS) is 17.4. The standard InChI is InChI=1S/C24H30Cl2N10/c1-33-3-7-35(8-4-33)20-12-18(25)17(11-19(20)32-23-21(27)22(26)30-15-31-23)16-13-28-24(29-14-16)36-9-5-34(2)6-10-36/h11-15H,3-10,27H2,1-2H3,(H,30,31,32). The number of halogens is 2. The number of likely N-dealkylation sites (N-methyl/N-ethyl adjacent to an activating group) is 2. The summed E-state index contributed by atoms with van der Waals surface area (Å²) < 4.78 is 0. The maximum Gasteiger partial charge on any atom is 0.225 e. The van der Waals surface area contributed by atoms with E-state index in [9.17, 15) is 0 Å². The van der Waals surface area contributed by atoms with Gasteiger partial charge in [0.2, 0.25) is 5.95 Å². The molecule has 1 aromatic carbocycles. The van der Waals surface area contributed by atoms with Gasteiger partial charge in [-0.2, -0.15) is 0 Å². The summed E-state index contributed by atoms with van der Waals surface area (Å²) in [5.74, 6) is 1.18. The van der Waals surface area contributed by atoms with E-state index in [1.807, 2.05) is 24.5 Å². The van der Waals surface area contributed by atoms with Crippen LogP contribution in [0, 0.1) is 0 Å². The van der Waals surface area contributed by atoms with E-state index in [0.29, 0.717) is 16.5 Å². The molecule has 10 nitrogen and oxygen atoms in total. The minimum atomic E-state index is 0.204. The molecule has 2 aliphatic rings. The van der Waals surface area contributed by atoms with Crippen LogP contribution in [0.1, 0.15) is 0 Å². The molecule has 2 aromatic heterocycles. The summed E-state index contributed by atoms with van der Waals surface area (Å²) in [4.78, 5) is 26.7. The van der Waals surface area contributed by atoms with Gasteiger partial charge in [0, 0.05) is 75.9 Å². The van der Waals surface area contributed by atoms with Crippen molar-refractivity contribution in [2.45, 2.75) is 0 Å². The van der Waals surface area contributed by atoms with Gasteiger partial charge < -0.3 is 30.7 Å². The topological polar surface area (TPSA) is 103 Å². The summed E-state index contributed by atoms with van der Waals surface area (Å²) in [6, 6.07) is 3.98. The first-order chi connectivity index (χ1) is 17.4. The number of nitrogens with zero attached hydrogens (tertiary/aromatic N) is 8. The molecule has 3 N–H and O–H groups in total. The monoisotopic (exact) mass is 528 g/mol. The van der Waals surface area contributed by atoms with Crippen LogP contribution >= 0.6 is 23.2 Å². The van der Waals surface area contributed by atoms with Crippen molar-refractivity contribution in [1.82, 2.24) is 29.7 Å². The molecule has 0 bridgehead atoms. The van der Waals surface area contributed by atoms with Crippen molar-refractivity contribution in [3.8, 4) is 11.1 Å². The first kappa shape index (κ1) is 24.8. The number of nitrogens with one attached hydrogen (secondary N) is 1. The van der Waals surface area contributed by atoms with E-state index in [1.54, 1.807) is 0 Å². The third-order valence-electron chi connectivity index (χ3n) is 6.75. The van der Waals surface area contributed by atoms with E-state index in [-0.39, 0.29) is 5.15 Å². The van der Waals surface area contributed by atoms with Crippen molar-refractivity contribution >= 4 is 52.0 Å². The third-order valence-corrected chi connectivity index (χ3v) is 7.37. The maximum atomic E-state index is 6.84. The maximum absolute atomic E-state index is 6.84. The van der Waals surface area contributed by atoms with Crippen LogP contribution in [0.25, 0.3) is 11.1 Å². The van der Waals surface area contributed by atoms with Gasteiger partial charge in [-0.25, -0.2) is 19.9 Å². The number of nitrogens with two attached hydrogens (primary N) is 1. The smallest absolute Gasteiger partial charge is 0.225 e. The molecule has 190 valence electrons. The van der Waals surface area contributed by atoms with Crippen LogP contribution in [0.2, 0.25) is 10.2 Å². The Kier molecular flexibility index (Phi) is 7.29. The molecule has 0 atom stereocenters. The number of piperazine rings is 2.